The summed E-state index contributed by atoms with van der Waals surface area (Å²) in [5.41, 5.74) is 1.11. The first-order valence-electron chi connectivity index (χ1n) is 7.60. The van der Waals surface area contributed by atoms with E-state index in [1.807, 2.05) is 24.3 Å². The molecule has 0 aliphatic rings. The summed E-state index contributed by atoms with van der Waals surface area (Å²) in [6.45, 7) is 4.87. The molecule has 2 N–H and O–H groups in total. The number of carbonyl (C=O) groups excluding carboxylic acids is 1. The Hall–Kier alpha value is -2.63. The number of para-hydroxylation sites is 2. The van der Waals surface area contributed by atoms with Crippen LogP contribution < -0.4 is 15.4 Å². The molecule has 0 saturated heterocycles. The van der Waals surface area contributed by atoms with E-state index < -0.39 is 0 Å². The predicted molar refractivity (Wildman–Crippen MR) is 90.1 cm³/mol. The SMILES string of the molecule is COc1ccccc1Nc1cc(C(=O)NCCC(C)C)ncn1. The second-order valence-electron chi connectivity index (χ2n) is 5.55. The lowest BCUT2D eigenvalue weighted by Gasteiger charge is -2.11. The van der Waals surface area contributed by atoms with Gasteiger partial charge in [-0.3, -0.25) is 4.79 Å². The molecule has 2 aromatic rings. The van der Waals surface area contributed by atoms with Crippen LogP contribution in [0.15, 0.2) is 36.7 Å². The van der Waals surface area contributed by atoms with Crippen LogP contribution in [0, 0.1) is 5.92 Å². The van der Waals surface area contributed by atoms with E-state index in [1.54, 1.807) is 13.2 Å². The summed E-state index contributed by atoms with van der Waals surface area (Å²) in [5.74, 6) is 1.59. The molecule has 0 unspecified atom stereocenters. The van der Waals surface area contributed by atoms with Gasteiger partial charge in [-0.05, 0) is 24.5 Å². The molecule has 2 rings (SSSR count). The summed E-state index contributed by atoms with van der Waals surface area (Å²) < 4.78 is 5.29. The maximum atomic E-state index is 12.1. The van der Waals surface area contributed by atoms with Crippen molar-refractivity contribution in [3.8, 4) is 5.75 Å². The maximum absolute atomic E-state index is 12.1. The lowest BCUT2D eigenvalue weighted by molar-refractivity contribution is 0.0947. The van der Waals surface area contributed by atoms with Crippen LogP contribution in [-0.4, -0.2) is 29.5 Å². The number of hydrogen-bond acceptors (Lipinski definition) is 5. The van der Waals surface area contributed by atoms with Crippen LogP contribution >= 0.6 is 0 Å². The van der Waals surface area contributed by atoms with Gasteiger partial charge in [0.25, 0.3) is 5.91 Å². The third-order valence-electron chi connectivity index (χ3n) is 3.28. The number of methoxy groups -OCH3 is 1. The largest absolute Gasteiger partial charge is 0.495 e. The molecule has 23 heavy (non-hydrogen) atoms. The normalized spacial score (nSPS) is 10.4. The molecule has 6 nitrogen and oxygen atoms in total. The number of benzene rings is 1. The third-order valence-corrected chi connectivity index (χ3v) is 3.28. The highest BCUT2D eigenvalue weighted by Gasteiger charge is 2.10. The summed E-state index contributed by atoms with van der Waals surface area (Å²) in [5, 5.41) is 6.00. The van der Waals surface area contributed by atoms with Crippen LogP contribution in [0.5, 0.6) is 5.75 Å². The van der Waals surface area contributed by atoms with Crippen molar-refractivity contribution in [3.05, 3.63) is 42.4 Å². The lowest BCUT2D eigenvalue weighted by atomic mass is 10.1. The van der Waals surface area contributed by atoms with Crippen molar-refractivity contribution in [1.82, 2.24) is 15.3 Å². The minimum Gasteiger partial charge on any atom is -0.495 e. The van der Waals surface area contributed by atoms with Crippen LogP contribution in [-0.2, 0) is 0 Å². The highest BCUT2D eigenvalue weighted by atomic mass is 16.5. The monoisotopic (exact) mass is 314 g/mol. The zero-order valence-electron chi connectivity index (χ0n) is 13.7. The minimum atomic E-state index is -0.198. The van der Waals surface area contributed by atoms with Crippen molar-refractivity contribution in [3.63, 3.8) is 0 Å². The average Bonchev–Trinajstić information content (AvgIpc) is 2.55. The zero-order valence-corrected chi connectivity index (χ0v) is 13.7. The first-order valence-corrected chi connectivity index (χ1v) is 7.60. The molecule has 1 heterocycles. The van der Waals surface area contributed by atoms with Gasteiger partial charge in [0.1, 0.15) is 23.6 Å². The Balaban J connectivity index is 2.06. The van der Waals surface area contributed by atoms with Gasteiger partial charge in [-0.15, -0.1) is 0 Å². The van der Waals surface area contributed by atoms with E-state index >= 15 is 0 Å². The summed E-state index contributed by atoms with van der Waals surface area (Å²) in [4.78, 5) is 20.3. The maximum Gasteiger partial charge on any atom is 0.270 e. The Morgan fingerprint density at radius 1 is 1.26 bits per heavy atom. The number of carbonyl (C=O) groups is 1. The number of ether oxygens (including phenoxy) is 1. The van der Waals surface area contributed by atoms with Crippen LogP contribution in [0.1, 0.15) is 30.8 Å². The molecule has 122 valence electrons. The Bertz CT molecular complexity index is 659. The van der Waals surface area contributed by atoms with Crippen molar-refractivity contribution in [1.29, 1.82) is 0 Å². The van der Waals surface area contributed by atoms with Crippen molar-refractivity contribution >= 4 is 17.4 Å². The molecule has 0 spiro atoms. The standard InChI is InChI=1S/C17H22N4O2/c1-12(2)8-9-18-17(22)14-10-16(20-11-19-14)21-13-6-4-5-7-15(13)23-3/h4-7,10-12H,8-9H2,1-3H3,(H,18,22)(H,19,20,21). The van der Waals surface area contributed by atoms with Crippen LogP contribution in [0.4, 0.5) is 11.5 Å². The quantitative estimate of drug-likeness (QED) is 0.821. The van der Waals surface area contributed by atoms with E-state index in [2.05, 4.69) is 34.4 Å². The third kappa shape index (κ3) is 4.95. The minimum absolute atomic E-state index is 0.198. The van der Waals surface area contributed by atoms with Gasteiger partial charge in [0.15, 0.2) is 0 Å². The van der Waals surface area contributed by atoms with E-state index in [0.717, 1.165) is 12.1 Å². The van der Waals surface area contributed by atoms with Gasteiger partial charge in [-0.1, -0.05) is 26.0 Å². The van der Waals surface area contributed by atoms with Gasteiger partial charge < -0.3 is 15.4 Å². The van der Waals surface area contributed by atoms with E-state index in [1.165, 1.54) is 6.33 Å². The summed E-state index contributed by atoms with van der Waals surface area (Å²) in [6.07, 6.45) is 2.30. The molecule has 1 amide bonds. The predicted octanol–water partition coefficient (Wildman–Crippen LogP) is 3.00. The van der Waals surface area contributed by atoms with Crippen molar-refractivity contribution in [2.45, 2.75) is 20.3 Å². The number of rotatable bonds is 7. The molecule has 0 aliphatic carbocycles. The van der Waals surface area contributed by atoms with E-state index in [4.69, 9.17) is 4.74 Å². The number of nitrogens with zero attached hydrogens (tertiary/aromatic N) is 2. The molecule has 0 radical (unpaired) electrons. The van der Waals surface area contributed by atoms with Gasteiger partial charge in [-0.2, -0.15) is 0 Å². The van der Waals surface area contributed by atoms with E-state index in [9.17, 15) is 4.79 Å². The number of hydrogen-bond donors (Lipinski definition) is 2. The lowest BCUT2D eigenvalue weighted by Crippen LogP contribution is -2.26. The molecule has 0 aliphatic heterocycles. The van der Waals surface area contributed by atoms with Crippen LogP contribution in [0.3, 0.4) is 0 Å². The van der Waals surface area contributed by atoms with Crippen molar-refractivity contribution in [2.24, 2.45) is 5.92 Å². The summed E-state index contributed by atoms with van der Waals surface area (Å²) in [7, 11) is 1.61. The van der Waals surface area contributed by atoms with Gasteiger partial charge >= 0.3 is 0 Å². The fourth-order valence-electron chi connectivity index (χ4n) is 2.00. The topological polar surface area (TPSA) is 76.1 Å². The molecule has 0 saturated carbocycles. The number of amides is 1. The Labute approximate surface area is 136 Å². The average molecular weight is 314 g/mol. The fraction of sp³-hybridized carbons (Fsp3) is 0.353. The number of anilines is 2. The first kappa shape index (κ1) is 16.7. The van der Waals surface area contributed by atoms with Crippen molar-refractivity contribution in [2.75, 3.05) is 19.0 Å². The van der Waals surface area contributed by atoms with Crippen LogP contribution in [0.2, 0.25) is 0 Å². The van der Waals surface area contributed by atoms with E-state index in [-0.39, 0.29) is 5.91 Å². The molecule has 1 aromatic carbocycles. The second-order valence-corrected chi connectivity index (χ2v) is 5.55. The molecular weight excluding hydrogens is 292 g/mol. The summed E-state index contributed by atoms with van der Waals surface area (Å²) >= 11 is 0. The Morgan fingerprint density at radius 3 is 2.78 bits per heavy atom. The van der Waals surface area contributed by atoms with Gasteiger partial charge in [-0.25, -0.2) is 9.97 Å². The van der Waals surface area contributed by atoms with Gasteiger partial charge in [0.05, 0.1) is 12.8 Å². The molecule has 1 aromatic heterocycles. The van der Waals surface area contributed by atoms with E-state index in [0.29, 0.717) is 29.7 Å². The molecule has 0 atom stereocenters. The van der Waals surface area contributed by atoms with Gasteiger partial charge in [0.2, 0.25) is 0 Å². The number of nitrogens with one attached hydrogen (secondary N) is 2. The molecular formula is C17H22N4O2. The second kappa shape index (κ2) is 8.12. The first-order chi connectivity index (χ1) is 11.1. The summed E-state index contributed by atoms with van der Waals surface area (Å²) in [6, 6.07) is 9.13. The molecule has 6 heteroatoms. The van der Waals surface area contributed by atoms with Crippen LogP contribution in [0.25, 0.3) is 0 Å². The molecule has 0 fully saturated rings. The van der Waals surface area contributed by atoms with Gasteiger partial charge in [0, 0.05) is 12.6 Å². The zero-order chi connectivity index (χ0) is 16.7. The fourth-order valence-corrected chi connectivity index (χ4v) is 2.00. The van der Waals surface area contributed by atoms with Crippen molar-refractivity contribution < 1.29 is 9.53 Å². The Morgan fingerprint density at radius 2 is 2.04 bits per heavy atom. The number of aromatic nitrogens is 2. The highest BCUT2D eigenvalue weighted by molar-refractivity contribution is 5.93. The smallest absolute Gasteiger partial charge is 0.270 e. The Kier molecular flexibility index (Phi) is 5.91. The highest BCUT2D eigenvalue weighted by Crippen LogP contribution is 2.26. The molecule has 0 bridgehead atoms.